The molecule has 1 aromatic rings. The molecule has 1 heterocycles. The van der Waals surface area contributed by atoms with Gasteiger partial charge in [0.1, 0.15) is 18.4 Å². The monoisotopic (exact) mass is 384 g/mol. The number of aromatic nitrogens is 2. The molecule has 10 heteroatoms. The fraction of sp³-hybridized carbons (Fsp3) is 0.765. The molecule has 0 spiro atoms. The Morgan fingerprint density at radius 3 is 2.56 bits per heavy atom. The Morgan fingerprint density at radius 1 is 1.33 bits per heavy atom. The lowest BCUT2D eigenvalue weighted by atomic mass is 9.91. The molecule has 1 aromatic heterocycles. The van der Waals surface area contributed by atoms with E-state index in [1.165, 1.54) is 13.3 Å². The van der Waals surface area contributed by atoms with Crippen LogP contribution in [0, 0.1) is 10.1 Å². The minimum absolute atomic E-state index is 0.00561. The first kappa shape index (κ1) is 20.9. The van der Waals surface area contributed by atoms with Crippen molar-refractivity contribution in [1.82, 2.24) is 15.1 Å². The van der Waals surface area contributed by atoms with Crippen molar-refractivity contribution in [2.75, 3.05) is 20.3 Å². The van der Waals surface area contributed by atoms with Gasteiger partial charge >= 0.3 is 17.7 Å². The van der Waals surface area contributed by atoms with Gasteiger partial charge < -0.3 is 19.5 Å². The second-order valence-electron chi connectivity index (χ2n) is 7.55. The summed E-state index contributed by atoms with van der Waals surface area (Å²) in [6, 6.07) is 0.0548. The predicted molar refractivity (Wildman–Crippen MR) is 96.9 cm³/mol. The molecule has 1 saturated carbocycles. The van der Waals surface area contributed by atoms with Crippen LogP contribution in [0.2, 0.25) is 0 Å². The summed E-state index contributed by atoms with van der Waals surface area (Å²) in [6.07, 6.45) is 3.98. The fourth-order valence-corrected chi connectivity index (χ4v) is 2.96. The molecule has 2 rings (SSSR count). The molecule has 0 saturated heterocycles. The van der Waals surface area contributed by atoms with Gasteiger partial charge in [0.15, 0.2) is 0 Å². The van der Waals surface area contributed by atoms with Gasteiger partial charge in [0.05, 0.1) is 17.6 Å². The molecule has 1 aliphatic carbocycles. The molecule has 0 unspecified atom stereocenters. The van der Waals surface area contributed by atoms with E-state index >= 15 is 0 Å². The van der Waals surface area contributed by atoms with Crippen LogP contribution in [0.3, 0.4) is 0 Å². The molecular weight excluding hydrogens is 356 g/mol. The van der Waals surface area contributed by atoms with Gasteiger partial charge in [-0.2, -0.15) is 0 Å². The third kappa shape index (κ3) is 6.38. The van der Waals surface area contributed by atoms with Crippen LogP contribution >= 0.6 is 0 Å². The van der Waals surface area contributed by atoms with E-state index in [-0.39, 0.29) is 30.3 Å². The van der Waals surface area contributed by atoms with Gasteiger partial charge in [0, 0.05) is 13.2 Å². The second-order valence-corrected chi connectivity index (χ2v) is 7.55. The molecule has 0 aromatic carbocycles. The van der Waals surface area contributed by atoms with Crippen molar-refractivity contribution in [2.24, 2.45) is 0 Å². The highest BCUT2D eigenvalue weighted by atomic mass is 16.6. The van der Waals surface area contributed by atoms with Gasteiger partial charge in [0.2, 0.25) is 0 Å². The molecule has 1 aliphatic rings. The summed E-state index contributed by atoms with van der Waals surface area (Å²) in [6.45, 7) is 5.98. The van der Waals surface area contributed by atoms with E-state index in [2.05, 4.69) is 10.4 Å². The predicted octanol–water partition coefficient (Wildman–Crippen LogP) is 2.82. The number of amides is 1. The van der Waals surface area contributed by atoms with Gasteiger partial charge in [-0.25, -0.2) is 4.79 Å². The summed E-state index contributed by atoms with van der Waals surface area (Å²) in [5.74, 6) is 0.00561. The Bertz CT molecular complexity index is 646. The molecule has 0 atom stereocenters. The minimum atomic E-state index is -0.533. The van der Waals surface area contributed by atoms with Crippen molar-refractivity contribution in [3.8, 4) is 5.88 Å². The maximum Gasteiger partial charge on any atom is 0.407 e. The molecule has 27 heavy (non-hydrogen) atoms. The Balaban J connectivity index is 1.92. The number of nitrogens with zero attached hydrogens (tertiary/aromatic N) is 3. The molecule has 152 valence electrons. The highest BCUT2D eigenvalue weighted by Gasteiger charge is 2.29. The third-order valence-electron chi connectivity index (χ3n) is 4.19. The van der Waals surface area contributed by atoms with E-state index < -0.39 is 16.6 Å². The Morgan fingerprint density at radius 2 is 2.00 bits per heavy atom. The van der Waals surface area contributed by atoms with Crippen molar-refractivity contribution in [3.05, 3.63) is 16.3 Å². The van der Waals surface area contributed by atoms with E-state index in [0.717, 1.165) is 25.7 Å². The Hall–Kier alpha value is -2.36. The van der Waals surface area contributed by atoms with Gasteiger partial charge in [0.25, 0.3) is 0 Å². The first-order valence-corrected chi connectivity index (χ1v) is 9.04. The Kier molecular flexibility index (Phi) is 7.00. The van der Waals surface area contributed by atoms with E-state index in [4.69, 9.17) is 14.2 Å². The smallest absolute Gasteiger partial charge is 0.407 e. The molecule has 1 fully saturated rings. The van der Waals surface area contributed by atoms with E-state index in [1.54, 1.807) is 4.68 Å². The third-order valence-corrected chi connectivity index (χ3v) is 4.19. The number of methoxy groups -OCH3 is 1. The second kappa shape index (κ2) is 9.03. The molecule has 0 radical (unpaired) electrons. The lowest BCUT2D eigenvalue weighted by Gasteiger charge is -2.30. The maximum absolute atomic E-state index is 11.9. The number of carbonyl (C=O) groups excluding carboxylic acids is 1. The average Bonchev–Trinajstić information content (AvgIpc) is 2.98. The molecular formula is C17H28N4O6. The van der Waals surface area contributed by atoms with Crippen molar-refractivity contribution in [3.63, 3.8) is 0 Å². The largest absolute Gasteiger partial charge is 0.469 e. The van der Waals surface area contributed by atoms with Gasteiger partial charge in [-0.15, -0.1) is 5.10 Å². The number of alkyl carbamates (subject to hydrolysis) is 1. The maximum atomic E-state index is 11.9. The lowest BCUT2D eigenvalue weighted by molar-refractivity contribution is -0.386. The number of carbonyl (C=O) groups is 1. The molecule has 10 nitrogen and oxygen atoms in total. The normalized spacial score (nSPS) is 20.1. The van der Waals surface area contributed by atoms with Crippen LogP contribution in [-0.4, -0.2) is 52.8 Å². The summed E-state index contributed by atoms with van der Waals surface area (Å²) in [4.78, 5) is 22.6. The highest BCUT2D eigenvalue weighted by molar-refractivity contribution is 5.68. The van der Waals surface area contributed by atoms with Crippen LogP contribution < -0.4 is 10.1 Å². The van der Waals surface area contributed by atoms with E-state index in [0.29, 0.717) is 6.61 Å². The Labute approximate surface area is 158 Å². The number of nitrogens with one attached hydrogen (secondary N) is 1. The van der Waals surface area contributed by atoms with Gasteiger partial charge in [-0.1, -0.05) is 0 Å². The first-order chi connectivity index (χ1) is 12.7. The van der Waals surface area contributed by atoms with E-state index in [1.807, 2.05) is 20.8 Å². The topological polar surface area (TPSA) is 118 Å². The average molecular weight is 384 g/mol. The quantitative estimate of drug-likeness (QED) is 0.436. The summed E-state index contributed by atoms with van der Waals surface area (Å²) in [7, 11) is 1.53. The van der Waals surface area contributed by atoms with Crippen molar-refractivity contribution in [1.29, 1.82) is 0 Å². The SMILES string of the molecule is COCCOc1nn([C@H]2CC[C@H](NC(=O)OC(C)(C)C)CC2)cc1[N+](=O)[O-]. The van der Waals surface area contributed by atoms with Crippen LogP contribution in [0.5, 0.6) is 5.88 Å². The van der Waals surface area contributed by atoms with Crippen molar-refractivity contribution >= 4 is 11.8 Å². The number of rotatable bonds is 7. The number of nitro groups is 1. The van der Waals surface area contributed by atoms with E-state index in [9.17, 15) is 14.9 Å². The van der Waals surface area contributed by atoms with Gasteiger partial charge in [-0.05, 0) is 46.5 Å². The molecule has 1 amide bonds. The van der Waals surface area contributed by atoms with Crippen LogP contribution in [-0.2, 0) is 9.47 Å². The summed E-state index contributed by atoms with van der Waals surface area (Å²) >= 11 is 0. The standard InChI is InChI=1S/C17H28N4O6/c1-17(2,3)27-16(22)18-12-5-7-13(8-6-12)20-11-14(21(23)24)15(19-20)26-10-9-25-4/h11-13H,5-10H2,1-4H3,(H,18,22)/t12-,13-. The zero-order chi connectivity index (χ0) is 20.0. The summed E-state index contributed by atoms with van der Waals surface area (Å²) < 4.78 is 17.1. The van der Waals surface area contributed by atoms with Crippen molar-refractivity contribution < 1.29 is 23.9 Å². The molecule has 1 N–H and O–H groups in total. The summed E-state index contributed by atoms with van der Waals surface area (Å²) in [5.41, 5.74) is -0.686. The van der Waals surface area contributed by atoms with Crippen LogP contribution in [0.25, 0.3) is 0 Å². The van der Waals surface area contributed by atoms with Crippen molar-refractivity contribution in [2.45, 2.75) is 64.1 Å². The van der Waals surface area contributed by atoms with Crippen LogP contribution in [0.1, 0.15) is 52.5 Å². The minimum Gasteiger partial charge on any atom is -0.469 e. The number of ether oxygens (including phenoxy) is 3. The summed E-state index contributed by atoms with van der Waals surface area (Å²) in [5, 5.41) is 18.3. The number of hydrogen-bond acceptors (Lipinski definition) is 7. The van der Waals surface area contributed by atoms with Crippen LogP contribution in [0.4, 0.5) is 10.5 Å². The zero-order valence-electron chi connectivity index (χ0n) is 16.3. The first-order valence-electron chi connectivity index (χ1n) is 9.04. The van der Waals surface area contributed by atoms with Crippen LogP contribution in [0.15, 0.2) is 6.20 Å². The number of hydrogen-bond donors (Lipinski definition) is 1. The molecule has 0 bridgehead atoms. The zero-order valence-corrected chi connectivity index (χ0v) is 16.3. The fourth-order valence-electron chi connectivity index (χ4n) is 2.96. The highest BCUT2D eigenvalue weighted by Crippen LogP contribution is 2.33. The lowest BCUT2D eigenvalue weighted by Crippen LogP contribution is -2.41. The van der Waals surface area contributed by atoms with Gasteiger partial charge in [-0.3, -0.25) is 14.8 Å². The molecule has 0 aliphatic heterocycles.